The summed E-state index contributed by atoms with van der Waals surface area (Å²) >= 11 is 0. The summed E-state index contributed by atoms with van der Waals surface area (Å²) in [5, 5.41) is 9.98. The van der Waals surface area contributed by atoms with Gasteiger partial charge in [0.1, 0.15) is 0 Å². The first-order chi connectivity index (χ1) is 7.52. The van der Waals surface area contributed by atoms with Crippen LogP contribution in [0.2, 0.25) is 0 Å². The van der Waals surface area contributed by atoms with E-state index in [9.17, 15) is 14.8 Å². The summed E-state index contributed by atoms with van der Waals surface area (Å²) < 4.78 is 0. The van der Waals surface area contributed by atoms with E-state index >= 15 is 0 Å². The van der Waals surface area contributed by atoms with Crippen LogP contribution in [0.25, 0.3) is 0 Å². The largest absolute Gasteiger partial charge is 0.278 e. The maximum Gasteiger partial charge on any atom is 0.256 e. The molecule has 4 heteroatoms. The Morgan fingerprint density at radius 2 is 1.38 bits per heavy atom. The highest BCUT2D eigenvalue weighted by Crippen LogP contribution is 2.58. The van der Waals surface area contributed by atoms with Crippen molar-refractivity contribution < 1.29 is 14.8 Å². The molecule has 0 radical (unpaired) electrons. The van der Waals surface area contributed by atoms with E-state index in [1.807, 2.05) is 0 Å². The van der Waals surface area contributed by atoms with Crippen LogP contribution in [0.4, 0.5) is 0 Å². The fourth-order valence-electron chi connectivity index (χ4n) is 4.08. The predicted octanol–water partition coefficient (Wildman–Crippen LogP) is 1.29. The lowest BCUT2D eigenvalue weighted by molar-refractivity contribution is -0.186. The number of carbonyl (C=O) groups excluding carboxylic acids is 2. The number of hydrogen-bond donors (Lipinski definition) is 1. The molecule has 1 saturated heterocycles. The summed E-state index contributed by atoms with van der Waals surface area (Å²) in [6.07, 6.45) is 1.65. The van der Waals surface area contributed by atoms with E-state index in [2.05, 4.69) is 13.8 Å². The third-order valence-electron chi connectivity index (χ3n) is 4.99. The van der Waals surface area contributed by atoms with Gasteiger partial charge in [-0.05, 0) is 36.5 Å². The zero-order valence-electron chi connectivity index (χ0n) is 9.59. The van der Waals surface area contributed by atoms with Gasteiger partial charge in [-0.25, -0.2) is 0 Å². The minimum absolute atomic E-state index is 0.110. The van der Waals surface area contributed by atoms with Gasteiger partial charge >= 0.3 is 0 Å². The molecule has 2 saturated carbocycles. The summed E-state index contributed by atoms with van der Waals surface area (Å²) in [6, 6.07) is 0. The van der Waals surface area contributed by atoms with Crippen LogP contribution < -0.4 is 0 Å². The molecule has 0 aromatic rings. The Bertz CT molecular complexity index is 333. The van der Waals surface area contributed by atoms with Crippen LogP contribution in [0.5, 0.6) is 0 Å². The van der Waals surface area contributed by atoms with Crippen molar-refractivity contribution in [3.63, 3.8) is 0 Å². The highest BCUT2D eigenvalue weighted by molar-refractivity contribution is 5.98. The molecule has 1 N–H and O–H groups in total. The maximum absolute atomic E-state index is 11.8. The fraction of sp³-hybridized carbons (Fsp3) is 0.833. The van der Waals surface area contributed by atoms with Crippen LogP contribution in [0.15, 0.2) is 0 Å². The molecule has 2 aliphatic carbocycles. The van der Waals surface area contributed by atoms with Gasteiger partial charge in [-0.3, -0.25) is 14.8 Å². The Balaban J connectivity index is 1.97. The molecule has 3 rings (SSSR count). The first-order valence-corrected chi connectivity index (χ1v) is 6.09. The number of imide groups is 1. The van der Waals surface area contributed by atoms with Crippen molar-refractivity contribution in [2.75, 3.05) is 0 Å². The molecular formula is C12H17NO3. The Labute approximate surface area is 94.6 Å². The summed E-state index contributed by atoms with van der Waals surface area (Å²) in [5.74, 6) is 0.726. The van der Waals surface area contributed by atoms with Crippen LogP contribution in [-0.2, 0) is 9.59 Å². The molecule has 0 aromatic carbocycles. The SMILES string of the molecule is CC1CC2C(=O)N(O)C(=O)C3CC(C)C3C12. The minimum atomic E-state index is -0.366. The zero-order chi connectivity index (χ0) is 11.6. The third-order valence-corrected chi connectivity index (χ3v) is 4.99. The smallest absolute Gasteiger partial charge is 0.256 e. The molecule has 88 valence electrons. The molecule has 6 atom stereocenters. The van der Waals surface area contributed by atoms with Crippen molar-refractivity contribution in [1.29, 1.82) is 0 Å². The Hall–Kier alpha value is -0.900. The second-order valence-electron chi connectivity index (χ2n) is 5.78. The lowest BCUT2D eigenvalue weighted by Gasteiger charge is -2.53. The van der Waals surface area contributed by atoms with Crippen LogP contribution in [0.3, 0.4) is 0 Å². The summed E-state index contributed by atoms with van der Waals surface area (Å²) in [7, 11) is 0. The van der Waals surface area contributed by atoms with Crippen LogP contribution >= 0.6 is 0 Å². The first-order valence-electron chi connectivity index (χ1n) is 6.09. The van der Waals surface area contributed by atoms with Crippen LogP contribution in [0.1, 0.15) is 26.7 Å². The van der Waals surface area contributed by atoms with E-state index in [-0.39, 0.29) is 23.7 Å². The molecule has 2 amide bonds. The predicted molar refractivity (Wildman–Crippen MR) is 55.2 cm³/mol. The fourth-order valence-corrected chi connectivity index (χ4v) is 4.08. The summed E-state index contributed by atoms with van der Waals surface area (Å²) in [4.78, 5) is 23.7. The van der Waals surface area contributed by atoms with Gasteiger partial charge < -0.3 is 0 Å². The summed E-state index contributed by atoms with van der Waals surface area (Å²) in [5.41, 5.74) is 0. The molecule has 0 bridgehead atoms. The average Bonchev–Trinajstić information content (AvgIpc) is 2.29. The molecule has 0 spiro atoms. The monoisotopic (exact) mass is 223 g/mol. The number of nitrogens with zero attached hydrogens (tertiary/aromatic N) is 1. The van der Waals surface area contributed by atoms with E-state index < -0.39 is 0 Å². The van der Waals surface area contributed by atoms with E-state index in [0.717, 1.165) is 12.8 Å². The van der Waals surface area contributed by atoms with Gasteiger partial charge in [-0.2, -0.15) is 5.06 Å². The quantitative estimate of drug-likeness (QED) is 0.497. The van der Waals surface area contributed by atoms with E-state index in [1.54, 1.807) is 0 Å². The van der Waals surface area contributed by atoms with Gasteiger partial charge in [-0.1, -0.05) is 13.8 Å². The van der Waals surface area contributed by atoms with Gasteiger partial charge in [0.2, 0.25) is 0 Å². The topological polar surface area (TPSA) is 57.6 Å². The van der Waals surface area contributed by atoms with Crippen molar-refractivity contribution in [3.05, 3.63) is 0 Å². The molecule has 3 aliphatic rings. The normalized spacial score (nSPS) is 51.1. The molecule has 16 heavy (non-hydrogen) atoms. The van der Waals surface area contributed by atoms with Gasteiger partial charge in [0.05, 0.1) is 0 Å². The van der Waals surface area contributed by atoms with Gasteiger partial charge in [0.25, 0.3) is 11.8 Å². The van der Waals surface area contributed by atoms with Crippen molar-refractivity contribution >= 4 is 11.8 Å². The number of amides is 2. The molecule has 1 heterocycles. The number of fused-ring (bicyclic) bond motifs is 3. The van der Waals surface area contributed by atoms with E-state index in [0.29, 0.717) is 28.7 Å². The Kier molecular flexibility index (Phi) is 1.97. The molecule has 3 fully saturated rings. The zero-order valence-corrected chi connectivity index (χ0v) is 9.59. The molecule has 6 unspecified atom stereocenters. The standard InChI is InChI=1S/C12H17NO3/c1-5-3-7-9(5)10-6(2)4-8(10)12(15)13(16)11(7)14/h5-10,16H,3-4H2,1-2H3. The number of hydroxylamine groups is 2. The van der Waals surface area contributed by atoms with Gasteiger partial charge in [0.15, 0.2) is 0 Å². The minimum Gasteiger partial charge on any atom is -0.278 e. The van der Waals surface area contributed by atoms with Crippen LogP contribution in [-0.4, -0.2) is 22.1 Å². The Morgan fingerprint density at radius 1 is 1.00 bits per heavy atom. The molecule has 0 aromatic heterocycles. The average molecular weight is 223 g/mol. The van der Waals surface area contributed by atoms with Crippen molar-refractivity contribution in [1.82, 2.24) is 5.06 Å². The van der Waals surface area contributed by atoms with Crippen LogP contribution in [0, 0.1) is 35.5 Å². The third kappa shape index (κ3) is 1.03. The molecular weight excluding hydrogens is 206 g/mol. The second kappa shape index (κ2) is 3.06. The summed E-state index contributed by atoms with van der Waals surface area (Å²) in [6.45, 7) is 4.29. The lowest BCUT2D eigenvalue weighted by atomic mass is 9.50. The van der Waals surface area contributed by atoms with E-state index in [1.165, 1.54) is 0 Å². The highest BCUT2D eigenvalue weighted by atomic mass is 16.5. The molecule has 4 nitrogen and oxygen atoms in total. The van der Waals surface area contributed by atoms with Crippen molar-refractivity contribution in [3.8, 4) is 0 Å². The molecule has 1 aliphatic heterocycles. The number of rotatable bonds is 0. The van der Waals surface area contributed by atoms with E-state index in [4.69, 9.17) is 0 Å². The number of hydrogen-bond acceptors (Lipinski definition) is 3. The Morgan fingerprint density at radius 3 is 1.69 bits per heavy atom. The van der Waals surface area contributed by atoms with Gasteiger partial charge in [-0.15, -0.1) is 0 Å². The lowest BCUT2D eigenvalue weighted by Crippen LogP contribution is -2.51. The van der Waals surface area contributed by atoms with Crippen molar-refractivity contribution in [2.45, 2.75) is 26.7 Å². The van der Waals surface area contributed by atoms with Crippen molar-refractivity contribution in [2.24, 2.45) is 35.5 Å². The number of carbonyl (C=O) groups is 2. The first kappa shape index (κ1) is 10.3. The maximum atomic E-state index is 11.8. The highest BCUT2D eigenvalue weighted by Gasteiger charge is 2.60. The van der Waals surface area contributed by atoms with Gasteiger partial charge in [0, 0.05) is 11.8 Å². The second-order valence-corrected chi connectivity index (χ2v) is 5.78.